The van der Waals surface area contributed by atoms with E-state index in [4.69, 9.17) is 0 Å². The Balaban J connectivity index is 2.42. The first kappa shape index (κ1) is 15.0. The number of aromatic hydroxyl groups is 2. The number of phenols is 2. The maximum Gasteiger partial charge on any atom is 0.172 e. The smallest absolute Gasteiger partial charge is 0.172 e. The summed E-state index contributed by atoms with van der Waals surface area (Å²) in [5, 5.41) is 19.8. The number of hydrogen-bond acceptors (Lipinski definition) is 3. The maximum absolute atomic E-state index is 14.2. The van der Waals surface area contributed by atoms with Crippen LogP contribution in [0, 0.1) is 12.7 Å². The highest BCUT2D eigenvalue weighted by Crippen LogP contribution is 2.38. The van der Waals surface area contributed by atoms with Crippen LogP contribution < -0.4 is 0 Å². The van der Waals surface area contributed by atoms with Crippen LogP contribution in [0.25, 0.3) is 12.2 Å². The van der Waals surface area contributed by atoms with E-state index in [1.165, 1.54) is 12.1 Å². The molecule has 2 rings (SSSR count). The topological polar surface area (TPSA) is 53.4 Å². The number of aryl methyl sites for hydroxylation is 1. The van der Waals surface area contributed by atoms with E-state index in [0.29, 0.717) is 5.69 Å². The van der Waals surface area contributed by atoms with E-state index < -0.39 is 11.6 Å². The van der Waals surface area contributed by atoms with Gasteiger partial charge in [-0.05, 0) is 43.2 Å². The predicted octanol–water partition coefficient (Wildman–Crippen LogP) is 4.23. The molecule has 1 aromatic heterocycles. The van der Waals surface area contributed by atoms with Gasteiger partial charge in [-0.25, -0.2) is 4.39 Å². The number of benzene rings is 1. The third-order valence-electron chi connectivity index (χ3n) is 3.21. The van der Waals surface area contributed by atoms with Crippen molar-refractivity contribution in [1.82, 2.24) is 4.98 Å². The van der Waals surface area contributed by atoms with Crippen LogP contribution in [0.1, 0.15) is 42.3 Å². The van der Waals surface area contributed by atoms with Crippen molar-refractivity contribution < 1.29 is 14.6 Å². The zero-order chi connectivity index (χ0) is 15.6. The summed E-state index contributed by atoms with van der Waals surface area (Å²) >= 11 is 0. The third kappa shape index (κ3) is 3.21. The molecule has 0 radical (unpaired) electrons. The normalized spacial score (nSPS) is 11.5. The largest absolute Gasteiger partial charge is 0.507 e. The first-order valence-electron chi connectivity index (χ1n) is 6.76. The molecule has 0 aliphatic heterocycles. The number of aromatic nitrogens is 1. The van der Waals surface area contributed by atoms with Gasteiger partial charge in [-0.2, -0.15) is 0 Å². The van der Waals surface area contributed by atoms with Gasteiger partial charge in [0.15, 0.2) is 11.6 Å². The zero-order valence-electron chi connectivity index (χ0n) is 12.3. The van der Waals surface area contributed by atoms with Crippen LogP contribution in [-0.2, 0) is 0 Å². The molecule has 0 unspecified atom stereocenters. The van der Waals surface area contributed by atoms with E-state index in [1.54, 1.807) is 26.0 Å². The Morgan fingerprint density at radius 2 is 1.90 bits per heavy atom. The summed E-state index contributed by atoms with van der Waals surface area (Å²) in [6, 6.07) is 6.84. The number of pyridine rings is 1. The summed E-state index contributed by atoms with van der Waals surface area (Å²) in [6.07, 6.45) is 3.12. The fourth-order valence-electron chi connectivity index (χ4n) is 2.19. The highest BCUT2D eigenvalue weighted by molar-refractivity contribution is 5.71. The van der Waals surface area contributed by atoms with Gasteiger partial charge in [0.2, 0.25) is 0 Å². The van der Waals surface area contributed by atoms with Gasteiger partial charge in [-0.3, -0.25) is 4.98 Å². The molecule has 2 aromatic rings. The molecule has 1 aromatic carbocycles. The Kier molecular flexibility index (Phi) is 4.26. The summed E-state index contributed by atoms with van der Waals surface area (Å²) in [5.41, 5.74) is 1.89. The second-order valence-electron chi connectivity index (χ2n) is 5.25. The predicted molar refractivity (Wildman–Crippen MR) is 81.7 cm³/mol. The average molecular weight is 287 g/mol. The van der Waals surface area contributed by atoms with Crippen molar-refractivity contribution in [3.8, 4) is 11.5 Å². The van der Waals surface area contributed by atoms with Crippen molar-refractivity contribution in [3.05, 3.63) is 52.6 Å². The van der Waals surface area contributed by atoms with E-state index in [-0.39, 0.29) is 22.8 Å². The minimum absolute atomic E-state index is 0.110. The number of hydrogen-bond donors (Lipinski definition) is 2. The summed E-state index contributed by atoms with van der Waals surface area (Å²) < 4.78 is 14.2. The van der Waals surface area contributed by atoms with E-state index in [9.17, 15) is 14.6 Å². The average Bonchev–Trinajstić information content (AvgIpc) is 2.41. The van der Waals surface area contributed by atoms with Crippen molar-refractivity contribution >= 4 is 12.2 Å². The van der Waals surface area contributed by atoms with Gasteiger partial charge in [0.25, 0.3) is 0 Å². The van der Waals surface area contributed by atoms with Crippen LogP contribution in [-0.4, -0.2) is 15.2 Å². The van der Waals surface area contributed by atoms with Crippen molar-refractivity contribution in [2.45, 2.75) is 26.7 Å². The van der Waals surface area contributed by atoms with Gasteiger partial charge >= 0.3 is 0 Å². The summed E-state index contributed by atoms with van der Waals surface area (Å²) in [7, 11) is 0. The number of nitrogens with zero attached hydrogens (tertiary/aromatic N) is 1. The molecule has 0 saturated carbocycles. The Hall–Kier alpha value is -2.36. The second-order valence-corrected chi connectivity index (χ2v) is 5.25. The first-order valence-corrected chi connectivity index (χ1v) is 6.76. The zero-order valence-corrected chi connectivity index (χ0v) is 12.3. The fourth-order valence-corrected chi connectivity index (χ4v) is 2.19. The van der Waals surface area contributed by atoms with Gasteiger partial charge in [0, 0.05) is 16.8 Å². The number of rotatable bonds is 3. The van der Waals surface area contributed by atoms with Crippen LogP contribution in [0.3, 0.4) is 0 Å². The van der Waals surface area contributed by atoms with Crippen molar-refractivity contribution in [1.29, 1.82) is 0 Å². The third-order valence-corrected chi connectivity index (χ3v) is 3.21. The lowest BCUT2D eigenvalue weighted by atomic mass is 9.98. The Morgan fingerprint density at radius 1 is 1.19 bits per heavy atom. The molecule has 0 spiro atoms. The fraction of sp³-hybridized carbons (Fsp3) is 0.235. The van der Waals surface area contributed by atoms with Crippen molar-refractivity contribution in [2.24, 2.45) is 0 Å². The molecule has 0 bridgehead atoms. The quantitative estimate of drug-likeness (QED) is 0.888. The van der Waals surface area contributed by atoms with Crippen LogP contribution in [0.5, 0.6) is 11.5 Å². The molecule has 0 saturated heterocycles. The summed E-state index contributed by atoms with van der Waals surface area (Å²) in [6.45, 7) is 5.42. The van der Waals surface area contributed by atoms with E-state index in [1.807, 2.05) is 19.1 Å². The van der Waals surface area contributed by atoms with E-state index >= 15 is 0 Å². The molecule has 2 N–H and O–H groups in total. The van der Waals surface area contributed by atoms with Gasteiger partial charge in [-0.1, -0.05) is 19.9 Å². The maximum atomic E-state index is 14.2. The Labute approximate surface area is 123 Å². The highest BCUT2D eigenvalue weighted by atomic mass is 19.1. The van der Waals surface area contributed by atoms with Crippen LogP contribution in [0.4, 0.5) is 4.39 Å². The highest BCUT2D eigenvalue weighted by Gasteiger charge is 2.18. The van der Waals surface area contributed by atoms with Gasteiger partial charge in [0.05, 0.1) is 5.69 Å². The van der Waals surface area contributed by atoms with E-state index in [0.717, 1.165) is 5.69 Å². The number of halogens is 1. The van der Waals surface area contributed by atoms with Crippen LogP contribution in [0.2, 0.25) is 0 Å². The Morgan fingerprint density at radius 3 is 2.52 bits per heavy atom. The molecule has 4 heteroatoms. The monoisotopic (exact) mass is 287 g/mol. The summed E-state index contributed by atoms with van der Waals surface area (Å²) in [4.78, 5) is 4.27. The van der Waals surface area contributed by atoms with Gasteiger partial charge in [0.1, 0.15) is 5.75 Å². The van der Waals surface area contributed by atoms with Crippen molar-refractivity contribution in [2.75, 3.05) is 0 Å². The van der Waals surface area contributed by atoms with Crippen LogP contribution >= 0.6 is 0 Å². The molecular weight excluding hydrogens is 269 g/mol. The molecule has 0 fully saturated rings. The lowest BCUT2D eigenvalue weighted by Gasteiger charge is -2.13. The lowest BCUT2D eigenvalue weighted by Crippen LogP contribution is -1.94. The minimum atomic E-state index is -0.736. The van der Waals surface area contributed by atoms with E-state index in [2.05, 4.69) is 4.98 Å². The SMILES string of the molecule is Cc1cccc(/C=C/c2cc(O)c(C(C)C)c(O)c2F)n1. The van der Waals surface area contributed by atoms with Gasteiger partial charge < -0.3 is 10.2 Å². The minimum Gasteiger partial charge on any atom is -0.507 e. The van der Waals surface area contributed by atoms with Crippen molar-refractivity contribution in [3.63, 3.8) is 0 Å². The molecule has 3 nitrogen and oxygen atoms in total. The van der Waals surface area contributed by atoms with Gasteiger partial charge in [-0.15, -0.1) is 0 Å². The Bertz CT molecular complexity index is 693. The molecule has 110 valence electrons. The molecule has 1 heterocycles. The molecule has 0 amide bonds. The molecule has 0 atom stereocenters. The molecule has 21 heavy (non-hydrogen) atoms. The van der Waals surface area contributed by atoms with Crippen LogP contribution in [0.15, 0.2) is 24.3 Å². The summed E-state index contributed by atoms with van der Waals surface area (Å²) in [5.74, 6) is -1.51. The molecular formula is C17H18FNO2. The first-order chi connectivity index (χ1) is 9.90. The second kappa shape index (κ2) is 5.95. The molecule has 0 aliphatic rings. The lowest BCUT2D eigenvalue weighted by molar-refractivity contribution is 0.404. The standard InChI is InChI=1S/C17H18FNO2/c1-10(2)15-14(20)9-12(16(18)17(15)21)7-8-13-6-4-5-11(3)19-13/h4-10,20-21H,1-3H3/b8-7+. The number of phenolic OH excluding ortho intramolecular Hbond substituents is 2. The molecule has 0 aliphatic carbocycles.